The van der Waals surface area contributed by atoms with Crippen LogP contribution in [0.4, 0.5) is 10.5 Å². The molecule has 176 valence electrons. The molecule has 2 saturated heterocycles. The summed E-state index contributed by atoms with van der Waals surface area (Å²) in [5.74, 6) is 0.593. The Balaban J connectivity index is 1.50. The molecule has 4 rings (SSSR count). The molecule has 0 bridgehead atoms. The van der Waals surface area contributed by atoms with Crippen LogP contribution in [-0.4, -0.2) is 74.7 Å². The molecule has 2 heterocycles. The Morgan fingerprint density at radius 2 is 1.76 bits per heavy atom. The molecule has 1 N–H and O–H groups in total. The van der Waals surface area contributed by atoms with E-state index in [2.05, 4.69) is 41.4 Å². The third kappa shape index (κ3) is 4.92. The van der Waals surface area contributed by atoms with Gasteiger partial charge in [0.25, 0.3) is 0 Å². The summed E-state index contributed by atoms with van der Waals surface area (Å²) < 4.78 is 5.41. The first-order chi connectivity index (χ1) is 16.0. The van der Waals surface area contributed by atoms with Gasteiger partial charge in [-0.05, 0) is 43.2 Å². The van der Waals surface area contributed by atoms with Crippen molar-refractivity contribution >= 4 is 17.6 Å². The van der Waals surface area contributed by atoms with Gasteiger partial charge in [0.2, 0.25) is 5.91 Å². The van der Waals surface area contributed by atoms with E-state index in [1.165, 1.54) is 11.3 Å². The van der Waals surface area contributed by atoms with Crippen LogP contribution in [0, 0.1) is 12.8 Å². The Bertz CT molecular complexity index is 987. The van der Waals surface area contributed by atoms with Gasteiger partial charge in [-0.1, -0.05) is 30.3 Å². The van der Waals surface area contributed by atoms with Gasteiger partial charge in [0, 0.05) is 57.4 Å². The first-order valence-corrected chi connectivity index (χ1v) is 11.8. The third-order valence-electron chi connectivity index (χ3n) is 6.82. The van der Waals surface area contributed by atoms with Crippen LogP contribution in [0.2, 0.25) is 0 Å². The fourth-order valence-electron chi connectivity index (χ4n) is 5.01. The lowest BCUT2D eigenvalue weighted by molar-refractivity contribution is -0.135. The van der Waals surface area contributed by atoms with Crippen molar-refractivity contribution in [2.24, 2.45) is 5.92 Å². The van der Waals surface area contributed by atoms with E-state index in [0.29, 0.717) is 32.7 Å². The second-order valence-corrected chi connectivity index (χ2v) is 8.83. The Labute approximate surface area is 196 Å². The highest BCUT2D eigenvalue weighted by Gasteiger charge is 2.42. The highest BCUT2D eigenvalue weighted by Crippen LogP contribution is 2.36. The zero-order chi connectivity index (χ0) is 23.4. The van der Waals surface area contributed by atoms with Crippen LogP contribution < -0.4 is 15.0 Å². The molecule has 7 nitrogen and oxygen atoms in total. The van der Waals surface area contributed by atoms with Gasteiger partial charge in [0.05, 0.1) is 13.0 Å². The zero-order valence-corrected chi connectivity index (χ0v) is 19.8. The van der Waals surface area contributed by atoms with Crippen LogP contribution in [0.15, 0.2) is 48.5 Å². The van der Waals surface area contributed by atoms with Gasteiger partial charge in [-0.2, -0.15) is 0 Å². The Morgan fingerprint density at radius 3 is 2.45 bits per heavy atom. The van der Waals surface area contributed by atoms with E-state index in [1.54, 1.807) is 12.0 Å². The number of rotatable bonds is 5. The predicted molar refractivity (Wildman–Crippen MR) is 130 cm³/mol. The van der Waals surface area contributed by atoms with Crippen LogP contribution in [0.5, 0.6) is 5.75 Å². The number of amides is 3. The molecule has 3 amide bonds. The molecule has 0 spiro atoms. The molecule has 2 aromatic carbocycles. The van der Waals surface area contributed by atoms with Crippen molar-refractivity contribution in [1.82, 2.24) is 15.1 Å². The summed E-state index contributed by atoms with van der Waals surface area (Å²) in [6, 6.07) is 16.2. The maximum Gasteiger partial charge on any atom is 0.317 e. The number of likely N-dealkylation sites (tertiary alicyclic amines) is 1. The van der Waals surface area contributed by atoms with Crippen LogP contribution >= 0.6 is 0 Å². The highest BCUT2D eigenvalue weighted by atomic mass is 16.5. The van der Waals surface area contributed by atoms with Gasteiger partial charge in [-0.25, -0.2) is 4.79 Å². The molecule has 2 atom stereocenters. The average Bonchev–Trinajstić information content (AvgIpc) is 3.30. The number of para-hydroxylation sites is 1. The third-order valence-corrected chi connectivity index (χ3v) is 6.82. The van der Waals surface area contributed by atoms with E-state index in [-0.39, 0.29) is 23.8 Å². The minimum absolute atomic E-state index is 0.0513. The Kier molecular flexibility index (Phi) is 7.06. The molecular weight excluding hydrogens is 416 g/mol. The number of urea groups is 1. The Hall–Kier alpha value is -3.22. The number of nitrogens with zero attached hydrogens (tertiary/aromatic N) is 3. The minimum Gasteiger partial charge on any atom is -0.497 e. The fraction of sp³-hybridized carbons (Fsp3) is 0.462. The number of anilines is 1. The number of hydrogen-bond donors (Lipinski definition) is 1. The molecule has 0 aliphatic carbocycles. The zero-order valence-electron chi connectivity index (χ0n) is 19.8. The molecule has 0 aromatic heterocycles. The lowest BCUT2D eigenvalue weighted by Gasteiger charge is -2.38. The largest absolute Gasteiger partial charge is 0.497 e. The van der Waals surface area contributed by atoms with E-state index >= 15 is 0 Å². The first-order valence-electron chi connectivity index (χ1n) is 11.8. The van der Waals surface area contributed by atoms with Gasteiger partial charge in [-0.15, -0.1) is 0 Å². The van der Waals surface area contributed by atoms with Gasteiger partial charge in [0.1, 0.15) is 5.75 Å². The summed E-state index contributed by atoms with van der Waals surface area (Å²) >= 11 is 0. The molecular formula is C26H34N4O3. The minimum atomic E-state index is -0.260. The molecule has 2 aliphatic heterocycles. The molecule has 0 radical (unpaired) electrons. The number of ether oxygens (including phenoxy) is 1. The summed E-state index contributed by atoms with van der Waals surface area (Å²) in [4.78, 5) is 32.4. The van der Waals surface area contributed by atoms with Crippen LogP contribution in [0.3, 0.4) is 0 Å². The smallest absolute Gasteiger partial charge is 0.317 e. The molecule has 0 saturated carbocycles. The molecule has 2 aromatic rings. The van der Waals surface area contributed by atoms with E-state index in [0.717, 1.165) is 24.4 Å². The standard InChI is InChI=1S/C26H34N4O3/c1-4-27-26(32)30-17-22(20-9-7-10-21(16-20)33-3)23(18-30)25(31)29-14-12-28(13-15-29)24-11-6-5-8-19(24)2/h5-11,16,22-23H,4,12-15,17-18H2,1-3H3,(H,27,32). The van der Waals surface area contributed by atoms with E-state index in [1.807, 2.05) is 36.1 Å². The number of aryl methyl sites for hydroxylation is 1. The van der Waals surface area contributed by atoms with Crippen molar-refractivity contribution in [2.45, 2.75) is 19.8 Å². The van der Waals surface area contributed by atoms with Gasteiger partial charge >= 0.3 is 6.03 Å². The molecule has 33 heavy (non-hydrogen) atoms. The topological polar surface area (TPSA) is 65.1 Å². The van der Waals surface area contributed by atoms with Crippen molar-refractivity contribution < 1.29 is 14.3 Å². The molecule has 2 fully saturated rings. The van der Waals surface area contributed by atoms with E-state index < -0.39 is 0 Å². The summed E-state index contributed by atoms with van der Waals surface area (Å²) in [7, 11) is 1.64. The SMILES string of the molecule is CCNC(=O)N1CC(C(=O)N2CCN(c3ccccc3C)CC2)C(c2cccc(OC)c2)C1. The predicted octanol–water partition coefficient (Wildman–Crippen LogP) is 3.10. The van der Waals surface area contributed by atoms with Gasteiger partial charge in [0.15, 0.2) is 0 Å². The van der Waals surface area contributed by atoms with Gasteiger partial charge < -0.3 is 24.8 Å². The molecule has 2 unspecified atom stereocenters. The first kappa shape index (κ1) is 23.0. The van der Waals surface area contributed by atoms with Crippen molar-refractivity contribution in [1.29, 1.82) is 0 Å². The maximum atomic E-state index is 13.7. The van der Waals surface area contributed by atoms with E-state index in [4.69, 9.17) is 4.74 Å². The maximum absolute atomic E-state index is 13.7. The number of piperazine rings is 1. The highest BCUT2D eigenvalue weighted by molar-refractivity contribution is 5.83. The summed E-state index contributed by atoms with van der Waals surface area (Å²) in [5.41, 5.74) is 3.53. The normalized spacial score (nSPS) is 20.6. The Morgan fingerprint density at radius 1 is 1.00 bits per heavy atom. The average molecular weight is 451 g/mol. The lowest BCUT2D eigenvalue weighted by atomic mass is 9.87. The number of carbonyl (C=O) groups is 2. The van der Waals surface area contributed by atoms with Crippen molar-refractivity contribution in [2.75, 3.05) is 57.8 Å². The summed E-state index contributed by atoms with van der Waals surface area (Å²) in [6.07, 6.45) is 0. The second kappa shape index (κ2) is 10.1. The summed E-state index contributed by atoms with van der Waals surface area (Å²) in [6.45, 7) is 8.57. The molecule has 2 aliphatic rings. The number of hydrogen-bond acceptors (Lipinski definition) is 4. The number of methoxy groups -OCH3 is 1. The van der Waals surface area contributed by atoms with Crippen LogP contribution in [-0.2, 0) is 4.79 Å². The van der Waals surface area contributed by atoms with Crippen molar-refractivity contribution in [3.63, 3.8) is 0 Å². The number of carbonyl (C=O) groups excluding carboxylic acids is 2. The lowest BCUT2D eigenvalue weighted by Crippen LogP contribution is -2.51. The van der Waals surface area contributed by atoms with Gasteiger partial charge in [-0.3, -0.25) is 4.79 Å². The van der Waals surface area contributed by atoms with Crippen LogP contribution in [0.25, 0.3) is 0 Å². The summed E-state index contributed by atoms with van der Waals surface area (Å²) in [5, 5.41) is 2.88. The van der Waals surface area contributed by atoms with Crippen LogP contribution in [0.1, 0.15) is 24.0 Å². The monoisotopic (exact) mass is 450 g/mol. The van der Waals surface area contributed by atoms with Crippen molar-refractivity contribution in [3.05, 3.63) is 59.7 Å². The number of nitrogens with one attached hydrogen (secondary N) is 1. The van der Waals surface area contributed by atoms with E-state index in [9.17, 15) is 9.59 Å². The van der Waals surface area contributed by atoms with Crippen molar-refractivity contribution in [3.8, 4) is 5.75 Å². The second-order valence-electron chi connectivity index (χ2n) is 8.83. The molecule has 7 heteroatoms. The number of benzene rings is 2. The fourth-order valence-corrected chi connectivity index (χ4v) is 5.01. The quantitative estimate of drug-likeness (QED) is 0.760.